The van der Waals surface area contributed by atoms with Crippen molar-refractivity contribution in [1.29, 1.82) is 0 Å². The molecule has 8 heteroatoms. The van der Waals surface area contributed by atoms with Crippen molar-refractivity contribution in [3.63, 3.8) is 0 Å². The Labute approximate surface area is 169 Å². The minimum absolute atomic E-state index is 0.566. The molecule has 1 aromatic carbocycles. The number of rotatable bonds is 9. The average Bonchev–Trinajstić information content (AvgIpc) is 3.30. The lowest BCUT2D eigenvalue weighted by Crippen LogP contribution is -2.18. The predicted octanol–water partition coefficient (Wildman–Crippen LogP) is 3.51. The molecule has 0 aliphatic carbocycles. The summed E-state index contributed by atoms with van der Waals surface area (Å²) in [4.78, 5) is 7.89. The number of hydrogen-bond donors (Lipinski definition) is 1. The van der Waals surface area contributed by atoms with Crippen molar-refractivity contribution in [3.8, 4) is 22.1 Å². The molecular formula is C20H27N5O2S. The Balaban J connectivity index is 1.73. The number of nitrogens with zero attached hydrogens (tertiary/aromatic N) is 4. The van der Waals surface area contributed by atoms with E-state index in [1.54, 1.807) is 25.6 Å². The third-order valence-electron chi connectivity index (χ3n) is 4.39. The van der Waals surface area contributed by atoms with Crippen molar-refractivity contribution < 1.29 is 9.47 Å². The van der Waals surface area contributed by atoms with Gasteiger partial charge in [-0.3, -0.25) is 4.68 Å². The zero-order valence-electron chi connectivity index (χ0n) is 17.0. The van der Waals surface area contributed by atoms with Gasteiger partial charge in [0.05, 0.1) is 36.9 Å². The second kappa shape index (κ2) is 9.07. The van der Waals surface area contributed by atoms with Gasteiger partial charge in [-0.2, -0.15) is 5.10 Å². The van der Waals surface area contributed by atoms with Crippen LogP contribution in [-0.4, -0.2) is 54.5 Å². The molecule has 3 rings (SSSR count). The second-order valence-corrected chi connectivity index (χ2v) is 7.69. The Morgan fingerprint density at radius 1 is 1.14 bits per heavy atom. The monoisotopic (exact) mass is 401 g/mol. The van der Waals surface area contributed by atoms with Crippen molar-refractivity contribution in [2.45, 2.75) is 20.0 Å². The number of aryl methyl sites for hydroxylation is 1. The van der Waals surface area contributed by atoms with E-state index in [9.17, 15) is 0 Å². The van der Waals surface area contributed by atoms with Gasteiger partial charge in [-0.05, 0) is 39.2 Å². The van der Waals surface area contributed by atoms with Gasteiger partial charge in [0, 0.05) is 19.3 Å². The van der Waals surface area contributed by atoms with Crippen LogP contribution >= 0.6 is 11.3 Å². The van der Waals surface area contributed by atoms with Crippen molar-refractivity contribution in [1.82, 2.24) is 19.7 Å². The summed E-state index contributed by atoms with van der Waals surface area (Å²) < 4.78 is 12.9. The van der Waals surface area contributed by atoms with Gasteiger partial charge in [0.25, 0.3) is 0 Å². The highest BCUT2D eigenvalue weighted by Crippen LogP contribution is 2.33. The summed E-state index contributed by atoms with van der Waals surface area (Å²) in [6.45, 7) is 4.40. The Morgan fingerprint density at radius 2 is 1.86 bits per heavy atom. The molecule has 2 heterocycles. The molecule has 150 valence electrons. The molecule has 0 spiro atoms. The van der Waals surface area contributed by atoms with Crippen LogP contribution in [0, 0.1) is 6.92 Å². The smallest absolute Gasteiger partial charge is 0.183 e. The van der Waals surface area contributed by atoms with E-state index in [0.717, 1.165) is 51.5 Å². The Kier molecular flexibility index (Phi) is 6.53. The van der Waals surface area contributed by atoms with Gasteiger partial charge in [0.15, 0.2) is 5.13 Å². The Hall–Kier alpha value is -2.58. The first-order valence-electron chi connectivity index (χ1n) is 9.11. The fourth-order valence-corrected chi connectivity index (χ4v) is 3.81. The van der Waals surface area contributed by atoms with E-state index in [2.05, 4.69) is 29.3 Å². The summed E-state index contributed by atoms with van der Waals surface area (Å²) in [6, 6.07) is 7.82. The molecule has 0 fully saturated rings. The number of likely N-dealkylation sites (N-methyl/N-ethyl adjacent to an activating group) is 1. The quantitative estimate of drug-likeness (QED) is 0.592. The topological polar surface area (TPSA) is 64.4 Å². The average molecular weight is 402 g/mol. The molecule has 0 saturated heterocycles. The standard InChI is InChI=1S/C20H27N5O2S/c1-14-19(16-9-10-25(23-16)12-11-24(2)3)28-20(22-14)21-13-15-17(26-4)7-6-8-18(15)27-5/h6-10H,11-13H2,1-5H3,(H,21,22). The molecule has 1 N–H and O–H groups in total. The fourth-order valence-electron chi connectivity index (χ4n) is 2.89. The van der Waals surface area contributed by atoms with E-state index in [1.807, 2.05) is 42.1 Å². The van der Waals surface area contributed by atoms with Crippen LogP contribution in [0.25, 0.3) is 10.6 Å². The van der Waals surface area contributed by atoms with Gasteiger partial charge in [-0.25, -0.2) is 4.98 Å². The van der Waals surface area contributed by atoms with Gasteiger partial charge < -0.3 is 19.7 Å². The number of anilines is 1. The number of aromatic nitrogens is 3. The first-order valence-corrected chi connectivity index (χ1v) is 9.93. The maximum absolute atomic E-state index is 5.46. The van der Waals surface area contributed by atoms with E-state index in [0.29, 0.717) is 6.54 Å². The SMILES string of the molecule is COc1cccc(OC)c1CNc1nc(C)c(-c2ccn(CCN(C)C)n2)s1. The first kappa shape index (κ1) is 20.2. The molecule has 0 aliphatic rings. The van der Waals surface area contributed by atoms with E-state index < -0.39 is 0 Å². The van der Waals surface area contributed by atoms with Crippen LogP contribution in [0.2, 0.25) is 0 Å². The maximum Gasteiger partial charge on any atom is 0.183 e. The van der Waals surface area contributed by atoms with E-state index in [1.165, 1.54) is 0 Å². The van der Waals surface area contributed by atoms with Crippen LogP contribution in [0.5, 0.6) is 11.5 Å². The molecule has 7 nitrogen and oxygen atoms in total. The van der Waals surface area contributed by atoms with Crippen LogP contribution < -0.4 is 14.8 Å². The lowest BCUT2D eigenvalue weighted by Gasteiger charge is -2.13. The molecular weight excluding hydrogens is 374 g/mol. The van der Waals surface area contributed by atoms with Crippen molar-refractivity contribution in [2.24, 2.45) is 0 Å². The number of ether oxygens (including phenoxy) is 2. The van der Waals surface area contributed by atoms with Crippen LogP contribution in [0.1, 0.15) is 11.3 Å². The summed E-state index contributed by atoms with van der Waals surface area (Å²) in [5.74, 6) is 1.58. The number of methoxy groups -OCH3 is 2. The highest BCUT2D eigenvalue weighted by molar-refractivity contribution is 7.19. The van der Waals surface area contributed by atoms with Gasteiger partial charge in [0.2, 0.25) is 0 Å². The maximum atomic E-state index is 5.46. The van der Waals surface area contributed by atoms with Crippen LogP contribution in [0.3, 0.4) is 0 Å². The Bertz CT molecular complexity index is 897. The minimum atomic E-state index is 0.566. The Morgan fingerprint density at radius 3 is 2.50 bits per heavy atom. The molecule has 0 aliphatic heterocycles. The van der Waals surface area contributed by atoms with Crippen LogP contribution in [0.4, 0.5) is 5.13 Å². The molecule has 0 amide bonds. The summed E-state index contributed by atoms with van der Waals surface area (Å²) in [5.41, 5.74) is 2.89. The zero-order chi connectivity index (χ0) is 20.1. The molecule has 0 bridgehead atoms. The molecule has 3 aromatic rings. The third-order valence-corrected chi connectivity index (χ3v) is 5.53. The van der Waals surface area contributed by atoms with Crippen LogP contribution in [0.15, 0.2) is 30.5 Å². The van der Waals surface area contributed by atoms with E-state index in [4.69, 9.17) is 14.6 Å². The van der Waals surface area contributed by atoms with Crippen LogP contribution in [-0.2, 0) is 13.1 Å². The van der Waals surface area contributed by atoms with E-state index >= 15 is 0 Å². The third kappa shape index (κ3) is 4.63. The molecule has 28 heavy (non-hydrogen) atoms. The number of hydrogen-bond acceptors (Lipinski definition) is 7. The predicted molar refractivity (Wildman–Crippen MR) is 113 cm³/mol. The molecule has 0 unspecified atom stereocenters. The second-order valence-electron chi connectivity index (χ2n) is 6.70. The van der Waals surface area contributed by atoms with Gasteiger partial charge in [-0.15, -0.1) is 0 Å². The largest absolute Gasteiger partial charge is 0.496 e. The number of thiazole rings is 1. The molecule has 0 atom stereocenters. The van der Waals surface area contributed by atoms with Crippen molar-refractivity contribution in [3.05, 3.63) is 41.7 Å². The van der Waals surface area contributed by atoms with Gasteiger partial charge >= 0.3 is 0 Å². The zero-order valence-corrected chi connectivity index (χ0v) is 17.8. The van der Waals surface area contributed by atoms with Crippen molar-refractivity contribution >= 4 is 16.5 Å². The molecule has 0 saturated carbocycles. The lowest BCUT2D eigenvalue weighted by molar-refractivity contribution is 0.373. The summed E-state index contributed by atoms with van der Waals surface area (Å²) in [7, 11) is 7.45. The van der Waals surface area contributed by atoms with E-state index in [-0.39, 0.29) is 0 Å². The lowest BCUT2D eigenvalue weighted by atomic mass is 10.1. The number of benzene rings is 1. The molecule has 2 aromatic heterocycles. The minimum Gasteiger partial charge on any atom is -0.496 e. The first-order chi connectivity index (χ1) is 13.5. The molecule has 0 radical (unpaired) electrons. The summed E-state index contributed by atoms with van der Waals surface area (Å²) in [5, 5.41) is 8.94. The van der Waals surface area contributed by atoms with Gasteiger partial charge in [-0.1, -0.05) is 17.4 Å². The summed E-state index contributed by atoms with van der Waals surface area (Å²) in [6.07, 6.45) is 2.02. The summed E-state index contributed by atoms with van der Waals surface area (Å²) >= 11 is 1.61. The number of nitrogens with one attached hydrogen (secondary N) is 1. The highest BCUT2D eigenvalue weighted by atomic mass is 32.1. The highest BCUT2D eigenvalue weighted by Gasteiger charge is 2.14. The normalized spacial score (nSPS) is 11.1. The van der Waals surface area contributed by atoms with Crippen molar-refractivity contribution in [2.75, 3.05) is 40.2 Å². The fraction of sp³-hybridized carbons (Fsp3) is 0.400. The van der Waals surface area contributed by atoms with Gasteiger partial charge in [0.1, 0.15) is 17.2 Å².